The van der Waals surface area contributed by atoms with Crippen molar-refractivity contribution >= 4 is 9.03 Å². The molecule has 0 aliphatic carbocycles. The van der Waals surface area contributed by atoms with Crippen molar-refractivity contribution in [3.8, 4) is 0 Å². The second-order valence-electron chi connectivity index (χ2n) is 1.45. The summed E-state index contributed by atoms with van der Waals surface area (Å²) >= 11 is 0. The van der Waals surface area contributed by atoms with E-state index in [1.165, 1.54) is 7.11 Å². The highest BCUT2D eigenvalue weighted by Crippen LogP contribution is 1.95. The fourth-order valence-electron chi connectivity index (χ4n) is 0.385. The number of hydrogen-bond acceptors (Lipinski definition) is 2. The first-order valence-corrected chi connectivity index (χ1v) is 3.69. The molecule has 2 nitrogen and oxygen atoms in total. The Kier molecular flexibility index (Phi) is 8.20. The van der Waals surface area contributed by atoms with Gasteiger partial charge < -0.3 is 9.42 Å². The lowest BCUT2D eigenvalue weighted by atomic mass is 10.4. The van der Waals surface area contributed by atoms with Crippen LogP contribution in [0, 0.1) is 0 Å². The van der Waals surface area contributed by atoms with Crippen molar-refractivity contribution in [3.05, 3.63) is 36.4 Å². The standard InChI is InChI=1S/C6H6.CH5O2P/c1-2-4-6-5-3-1;1-3-4-2/h1-6H;2,4H,1H3. The average molecular weight is 158 g/mol. The summed E-state index contributed by atoms with van der Waals surface area (Å²) in [6.45, 7) is 0. The van der Waals surface area contributed by atoms with E-state index < -0.39 is 0 Å². The van der Waals surface area contributed by atoms with Gasteiger partial charge in [-0.25, -0.2) is 0 Å². The maximum absolute atomic E-state index is 7.68. The second kappa shape index (κ2) is 8.57. The predicted octanol–water partition coefficient (Wildman–Crippen LogP) is 1.82. The molecule has 1 aromatic carbocycles. The predicted molar refractivity (Wildman–Crippen MR) is 44.0 cm³/mol. The minimum atomic E-state index is -0.360. The molecule has 56 valence electrons. The van der Waals surface area contributed by atoms with Gasteiger partial charge in [0.25, 0.3) is 0 Å². The lowest BCUT2D eigenvalue weighted by Gasteiger charge is -1.75. The Hall–Kier alpha value is -0.430. The van der Waals surface area contributed by atoms with Crippen LogP contribution < -0.4 is 0 Å². The summed E-state index contributed by atoms with van der Waals surface area (Å²) in [7, 11) is 1.08. The highest BCUT2D eigenvalue weighted by molar-refractivity contribution is 7.24. The highest BCUT2D eigenvalue weighted by atomic mass is 31.1. The van der Waals surface area contributed by atoms with E-state index in [0.29, 0.717) is 0 Å². The zero-order valence-corrected chi connectivity index (χ0v) is 6.82. The first-order chi connectivity index (χ1) is 4.91. The van der Waals surface area contributed by atoms with Crippen LogP contribution in [-0.2, 0) is 4.52 Å². The molecule has 1 aromatic rings. The topological polar surface area (TPSA) is 29.5 Å². The minimum Gasteiger partial charge on any atom is -0.352 e. The van der Waals surface area contributed by atoms with Crippen LogP contribution in [0.25, 0.3) is 0 Å². The molecule has 0 spiro atoms. The van der Waals surface area contributed by atoms with E-state index in [1.54, 1.807) is 0 Å². The normalized spacial score (nSPS) is 9.00. The van der Waals surface area contributed by atoms with Crippen molar-refractivity contribution in [1.29, 1.82) is 0 Å². The molecule has 0 aromatic heterocycles. The molecule has 0 radical (unpaired) electrons. The van der Waals surface area contributed by atoms with Crippen LogP contribution in [0.1, 0.15) is 0 Å². The van der Waals surface area contributed by atoms with Gasteiger partial charge in [0.1, 0.15) is 0 Å². The van der Waals surface area contributed by atoms with Crippen molar-refractivity contribution < 1.29 is 9.42 Å². The third-order valence-corrected chi connectivity index (χ3v) is 0.941. The molecule has 10 heavy (non-hydrogen) atoms. The fourth-order valence-corrected chi connectivity index (χ4v) is 0.385. The Balaban J connectivity index is 0.000000180. The SMILES string of the molecule is COPO.c1ccccc1. The summed E-state index contributed by atoms with van der Waals surface area (Å²) in [6.07, 6.45) is 0. The summed E-state index contributed by atoms with van der Waals surface area (Å²) in [4.78, 5) is 7.68. The molecular weight excluding hydrogens is 147 g/mol. The van der Waals surface area contributed by atoms with Crippen molar-refractivity contribution in [2.45, 2.75) is 0 Å². The molecule has 0 saturated heterocycles. The Bertz CT molecular complexity index is 104. The molecule has 1 rings (SSSR count). The first kappa shape index (κ1) is 9.57. The van der Waals surface area contributed by atoms with Gasteiger partial charge in [-0.3, -0.25) is 0 Å². The van der Waals surface area contributed by atoms with Crippen LogP contribution in [-0.4, -0.2) is 12.0 Å². The van der Waals surface area contributed by atoms with Gasteiger partial charge in [-0.1, -0.05) is 36.4 Å². The van der Waals surface area contributed by atoms with Crippen molar-refractivity contribution in [2.75, 3.05) is 7.11 Å². The van der Waals surface area contributed by atoms with Gasteiger partial charge in [0.2, 0.25) is 0 Å². The van der Waals surface area contributed by atoms with E-state index in [2.05, 4.69) is 4.52 Å². The van der Waals surface area contributed by atoms with E-state index in [-0.39, 0.29) is 9.03 Å². The molecule has 0 fully saturated rings. The molecule has 0 saturated carbocycles. The molecular formula is C7H11O2P. The van der Waals surface area contributed by atoms with Gasteiger partial charge in [0, 0.05) is 7.11 Å². The largest absolute Gasteiger partial charge is 0.352 e. The molecule has 1 unspecified atom stereocenters. The van der Waals surface area contributed by atoms with Gasteiger partial charge in [0.15, 0.2) is 9.03 Å². The van der Waals surface area contributed by atoms with E-state index in [4.69, 9.17) is 4.89 Å². The fraction of sp³-hybridized carbons (Fsp3) is 0.143. The Morgan fingerprint density at radius 2 is 1.20 bits per heavy atom. The van der Waals surface area contributed by atoms with Gasteiger partial charge in [0.05, 0.1) is 0 Å². The molecule has 0 amide bonds. The Morgan fingerprint density at radius 1 is 1.00 bits per heavy atom. The van der Waals surface area contributed by atoms with Crippen LogP contribution >= 0.6 is 9.03 Å². The summed E-state index contributed by atoms with van der Waals surface area (Å²) < 4.78 is 4.12. The lowest BCUT2D eigenvalue weighted by Crippen LogP contribution is -1.50. The maximum atomic E-state index is 7.68. The monoisotopic (exact) mass is 158 g/mol. The number of rotatable bonds is 1. The smallest absolute Gasteiger partial charge is 0.151 e. The van der Waals surface area contributed by atoms with E-state index >= 15 is 0 Å². The second-order valence-corrected chi connectivity index (χ2v) is 2.04. The first-order valence-electron chi connectivity index (χ1n) is 2.84. The number of hydrogen-bond donors (Lipinski definition) is 1. The van der Waals surface area contributed by atoms with Crippen molar-refractivity contribution in [1.82, 2.24) is 0 Å². The van der Waals surface area contributed by atoms with E-state index in [0.717, 1.165) is 0 Å². The van der Waals surface area contributed by atoms with Crippen LogP contribution in [0.15, 0.2) is 36.4 Å². The van der Waals surface area contributed by atoms with Crippen LogP contribution in [0.3, 0.4) is 0 Å². The van der Waals surface area contributed by atoms with E-state index in [1.807, 2.05) is 36.4 Å². The Morgan fingerprint density at radius 3 is 1.30 bits per heavy atom. The molecule has 1 N–H and O–H groups in total. The average Bonchev–Trinajstić information content (AvgIpc) is 2.08. The Labute approximate surface area is 62.8 Å². The van der Waals surface area contributed by atoms with Crippen molar-refractivity contribution in [3.63, 3.8) is 0 Å². The molecule has 1 atom stereocenters. The lowest BCUT2D eigenvalue weighted by molar-refractivity contribution is 0.413. The van der Waals surface area contributed by atoms with Gasteiger partial charge in [-0.2, -0.15) is 0 Å². The maximum Gasteiger partial charge on any atom is 0.151 e. The zero-order valence-electron chi connectivity index (χ0n) is 5.82. The molecule has 0 heterocycles. The van der Waals surface area contributed by atoms with Crippen molar-refractivity contribution in [2.24, 2.45) is 0 Å². The minimum absolute atomic E-state index is 0.360. The molecule has 0 aliphatic heterocycles. The summed E-state index contributed by atoms with van der Waals surface area (Å²) in [6, 6.07) is 12.0. The summed E-state index contributed by atoms with van der Waals surface area (Å²) in [5.41, 5.74) is 0. The molecule has 0 aliphatic rings. The van der Waals surface area contributed by atoms with Gasteiger partial charge >= 0.3 is 0 Å². The highest BCUT2D eigenvalue weighted by Gasteiger charge is 1.57. The van der Waals surface area contributed by atoms with Crippen LogP contribution in [0.2, 0.25) is 0 Å². The van der Waals surface area contributed by atoms with Crippen LogP contribution in [0.5, 0.6) is 0 Å². The third kappa shape index (κ3) is 7.57. The third-order valence-electron chi connectivity index (χ3n) is 0.758. The van der Waals surface area contributed by atoms with Gasteiger partial charge in [-0.15, -0.1) is 0 Å². The molecule has 0 bridgehead atoms. The van der Waals surface area contributed by atoms with Crippen LogP contribution in [0.4, 0.5) is 0 Å². The quantitative estimate of drug-likeness (QED) is 0.631. The summed E-state index contributed by atoms with van der Waals surface area (Å²) in [5.74, 6) is 0. The summed E-state index contributed by atoms with van der Waals surface area (Å²) in [5, 5.41) is 0. The van der Waals surface area contributed by atoms with Gasteiger partial charge in [-0.05, 0) is 0 Å². The zero-order chi connectivity index (χ0) is 7.66. The van der Waals surface area contributed by atoms with E-state index in [9.17, 15) is 0 Å². The molecule has 3 heteroatoms. The number of benzene rings is 1.